The zero-order valence-corrected chi connectivity index (χ0v) is 14.5. The number of hydrogen-bond donors (Lipinski definition) is 3. The normalized spacial score (nSPS) is 11.2. The second-order valence-corrected chi connectivity index (χ2v) is 5.95. The third kappa shape index (κ3) is 6.29. The molecule has 2 aromatic rings. The van der Waals surface area contributed by atoms with Crippen molar-refractivity contribution in [3.63, 3.8) is 0 Å². The Morgan fingerprint density at radius 1 is 1.08 bits per heavy atom. The van der Waals surface area contributed by atoms with Gasteiger partial charge in [0.1, 0.15) is 5.75 Å². The fourth-order valence-corrected chi connectivity index (χ4v) is 2.51. The van der Waals surface area contributed by atoms with Crippen molar-refractivity contribution in [3.8, 4) is 5.75 Å². The molecule has 5 nitrogen and oxygen atoms in total. The van der Waals surface area contributed by atoms with E-state index in [4.69, 9.17) is 28.3 Å². The molecule has 0 atom stereocenters. The summed E-state index contributed by atoms with van der Waals surface area (Å²) >= 11 is 11.6. The van der Waals surface area contributed by atoms with Gasteiger partial charge < -0.3 is 20.5 Å². The summed E-state index contributed by atoms with van der Waals surface area (Å²) in [6.45, 7) is -0.135. The number of carbonyl (C=O) groups is 1. The summed E-state index contributed by atoms with van der Waals surface area (Å²) < 4.78 is 40.7. The lowest BCUT2D eigenvalue weighted by atomic mass is 10.1. The topological polar surface area (TPSA) is 70.6 Å². The van der Waals surface area contributed by atoms with E-state index in [1.807, 2.05) is 0 Å². The molecule has 0 aliphatic heterocycles. The highest BCUT2D eigenvalue weighted by Gasteiger charge is 2.31. The summed E-state index contributed by atoms with van der Waals surface area (Å²) in [5.74, 6) is -0.566. The van der Waals surface area contributed by atoms with Crippen LogP contribution >= 0.6 is 23.2 Å². The molecule has 0 saturated carbocycles. The predicted molar refractivity (Wildman–Crippen MR) is 93.0 cm³/mol. The van der Waals surface area contributed by atoms with Crippen LogP contribution in [0.25, 0.3) is 0 Å². The van der Waals surface area contributed by atoms with Gasteiger partial charge in [0.15, 0.2) is 0 Å². The van der Waals surface area contributed by atoms with E-state index >= 15 is 0 Å². The molecule has 0 fully saturated rings. The van der Waals surface area contributed by atoms with Gasteiger partial charge in [-0.2, -0.15) is 0 Å². The van der Waals surface area contributed by atoms with Gasteiger partial charge in [-0.3, -0.25) is 0 Å². The van der Waals surface area contributed by atoms with Crippen LogP contribution in [0.15, 0.2) is 36.4 Å². The molecule has 10 heteroatoms. The summed E-state index contributed by atoms with van der Waals surface area (Å²) in [7, 11) is 0. The molecule has 0 spiro atoms. The molecule has 0 aliphatic carbocycles. The molecule has 2 rings (SSSR count). The third-order valence-electron chi connectivity index (χ3n) is 3.06. The number of urea groups is 1. The number of benzene rings is 2. The first-order chi connectivity index (χ1) is 12.2. The molecule has 0 aromatic heterocycles. The van der Waals surface area contributed by atoms with Gasteiger partial charge in [0.05, 0.1) is 0 Å². The van der Waals surface area contributed by atoms with Crippen LogP contribution in [0.5, 0.6) is 5.75 Å². The monoisotopic (exact) mass is 408 g/mol. The van der Waals surface area contributed by atoms with Gasteiger partial charge in [0.25, 0.3) is 0 Å². The number of aliphatic hydroxyl groups excluding tert-OH is 1. The lowest BCUT2D eigenvalue weighted by Gasteiger charge is -2.14. The highest BCUT2D eigenvalue weighted by molar-refractivity contribution is 6.31. The Kier molecular flexibility index (Phi) is 6.57. The van der Waals surface area contributed by atoms with Gasteiger partial charge in [-0.25, -0.2) is 4.79 Å². The summed E-state index contributed by atoms with van der Waals surface area (Å²) in [5.41, 5.74) is 0.997. The smallest absolute Gasteiger partial charge is 0.406 e. The van der Waals surface area contributed by atoms with E-state index in [9.17, 15) is 18.0 Å². The van der Waals surface area contributed by atoms with E-state index in [0.717, 1.165) is 12.1 Å². The standard InChI is InChI=1S/C16H13Cl2F3N2O3/c17-10-2-1-9(3-4-24)14(7-10)23-15(25)22-12-5-11(18)6-13(8-12)26-16(19,20)21/h1-2,5-8,24H,3-4H2,(H2,22,23,25). The molecule has 0 saturated heterocycles. The number of alkyl halides is 3. The van der Waals surface area contributed by atoms with Crippen LogP contribution in [0.3, 0.4) is 0 Å². The van der Waals surface area contributed by atoms with Crippen molar-refractivity contribution in [1.82, 2.24) is 0 Å². The Labute approximate surface area is 156 Å². The predicted octanol–water partition coefficient (Wildman–Crippen LogP) is 5.07. The van der Waals surface area contributed by atoms with E-state index in [1.165, 1.54) is 12.1 Å². The van der Waals surface area contributed by atoms with E-state index in [2.05, 4.69) is 15.4 Å². The molecule has 140 valence electrons. The van der Waals surface area contributed by atoms with Gasteiger partial charge >= 0.3 is 12.4 Å². The lowest BCUT2D eigenvalue weighted by Crippen LogP contribution is -2.21. The fourth-order valence-electron chi connectivity index (χ4n) is 2.12. The highest BCUT2D eigenvalue weighted by atomic mass is 35.5. The van der Waals surface area contributed by atoms with Crippen LogP contribution in [-0.2, 0) is 6.42 Å². The largest absolute Gasteiger partial charge is 0.573 e. The first-order valence-electron chi connectivity index (χ1n) is 7.20. The van der Waals surface area contributed by atoms with Crippen LogP contribution in [0.1, 0.15) is 5.56 Å². The van der Waals surface area contributed by atoms with Crippen molar-refractivity contribution in [3.05, 3.63) is 52.0 Å². The molecule has 0 aliphatic rings. The van der Waals surface area contributed by atoms with Crippen molar-refractivity contribution < 1.29 is 27.8 Å². The van der Waals surface area contributed by atoms with Crippen molar-refractivity contribution >= 4 is 40.6 Å². The summed E-state index contributed by atoms with van der Waals surface area (Å²) in [6.07, 6.45) is -4.60. The van der Waals surface area contributed by atoms with Crippen LogP contribution in [0, 0.1) is 0 Å². The van der Waals surface area contributed by atoms with E-state index in [0.29, 0.717) is 16.3 Å². The van der Waals surface area contributed by atoms with Gasteiger partial charge in [-0.1, -0.05) is 29.3 Å². The van der Waals surface area contributed by atoms with Crippen molar-refractivity contribution in [2.75, 3.05) is 17.2 Å². The first kappa shape index (κ1) is 20.2. The Balaban J connectivity index is 2.14. The van der Waals surface area contributed by atoms with Crippen LogP contribution < -0.4 is 15.4 Å². The Morgan fingerprint density at radius 2 is 1.81 bits per heavy atom. The number of ether oxygens (including phenoxy) is 1. The van der Waals surface area contributed by atoms with Gasteiger partial charge in [0.2, 0.25) is 0 Å². The fraction of sp³-hybridized carbons (Fsp3) is 0.188. The van der Waals surface area contributed by atoms with Gasteiger partial charge in [0, 0.05) is 34.1 Å². The number of carbonyl (C=O) groups excluding carboxylic acids is 1. The van der Waals surface area contributed by atoms with E-state index < -0.39 is 18.1 Å². The molecule has 0 heterocycles. The number of nitrogens with one attached hydrogen (secondary N) is 2. The van der Waals surface area contributed by atoms with Crippen molar-refractivity contribution in [1.29, 1.82) is 0 Å². The lowest BCUT2D eigenvalue weighted by molar-refractivity contribution is -0.274. The molecule has 2 amide bonds. The minimum absolute atomic E-state index is 0.0000127. The second kappa shape index (κ2) is 8.48. The van der Waals surface area contributed by atoms with E-state index in [1.54, 1.807) is 12.1 Å². The van der Waals surface area contributed by atoms with Crippen LogP contribution in [-0.4, -0.2) is 24.1 Å². The Morgan fingerprint density at radius 3 is 2.46 bits per heavy atom. The Bertz CT molecular complexity index is 801. The van der Waals surface area contributed by atoms with Gasteiger partial charge in [-0.05, 0) is 36.2 Å². The number of amides is 2. The summed E-state index contributed by atoms with van der Waals surface area (Å²) in [4.78, 5) is 12.1. The third-order valence-corrected chi connectivity index (χ3v) is 3.52. The zero-order valence-electron chi connectivity index (χ0n) is 13.0. The zero-order chi connectivity index (χ0) is 19.3. The average molecular weight is 409 g/mol. The maximum absolute atomic E-state index is 12.3. The molecule has 2 aromatic carbocycles. The van der Waals surface area contributed by atoms with Gasteiger partial charge in [-0.15, -0.1) is 13.2 Å². The number of rotatable bonds is 5. The average Bonchev–Trinajstić information content (AvgIpc) is 2.47. The molecule has 26 heavy (non-hydrogen) atoms. The molecule has 3 N–H and O–H groups in total. The maximum atomic E-state index is 12.3. The quantitative estimate of drug-likeness (QED) is 0.646. The van der Waals surface area contributed by atoms with Crippen molar-refractivity contribution in [2.24, 2.45) is 0 Å². The van der Waals surface area contributed by atoms with Crippen molar-refractivity contribution in [2.45, 2.75) is 12.8 Å². The number of aliphatic hydroxyl groups is 1. The molecular weight excluding hydrogens is 396 g/mol. The molecule has 0 bridgehead atoms. The number of halogens is 5. The summed E-state index contributed by atoms with van der Waals surface area (Å²) in [5, 5.41) is 14.2. The Hall–Kier alpha value is -2.16. The number of hydrogen-bond acceptors (Lipinski definition) is 3. The minimum Gasteiger partial charge on any atom is -0.406 e. The second-order valence-electron chi connectivity index (χ2n) is 5.08. The molecular formula is C16H13Cl2F3N2O3. The number of anilines is 2. The SMILES string of the molecule is O=C(Nc1cc(Cl)cc(OC(F)(F)F)c1)Nc1cc(Cl)ccc1CCO. The van der Waals surface area contributed by atoms with Crippen LogP contribution in [0.2, 0.25) is 10.0 Å². The molecule has 0 radical (unpaired) electrons. The minimum atomic E-state index is -4.88. The maximum Gasteiger partial charge on any atom is 0.573 e. The highest BCUT2D eigenvalue weighted by Crippen LogP contribution is 2.29. The first-order valence-corrected chi connectivity index (χ1v) is 7.95. The summed E-state index contributed by atoms with van der Waals surface area (Å²) in [6, 6.07) is 7.21. The molecule has 0 unspecified atom stereocenters. The van der Waals surface area contributed by atoms with E-state index in [-0.39, 0.29) is 23.7 Å². The van der Waals surface area contributed by atoms with Crippen LogP contribution in [0.4, 0.5) is 29.3 Å².